The maximum absolute atomic E-state index is 10.7. The molecule has 96 heavy (non-hydrogen) atoms. The lowest BCUT2D eigenvalue weighted by molar-refractivity contribution is -0.0522. The van der Waals surface area contributed by atoms with Crippen LogP contribution in [-0.4, -0.2) is 281 Å². The normalized spacial score (nSPS) is 14.3. The Morgan fingerprint density at radius 1 is 0.219 bits per heavy atom. The van der Waals surface area contributed by atoms with Gasteiger partial charge < -0.3 is 27.3 Å². The molecule has 0 aliphatic rings. The average Bonchev–Trinajstić information content (AvgIpc) is 0.808. The Bertz CT molecular complexity index is 2440. The molecular formula is C42H96F18N3O18P9S6. The summed E-state index contributed by atoms with van der Waals surface area (Å²) < 4.78 is 362. The van der Waals surface area contributed by atoms with Crippen molar-refractivity contribution in [1.29, 1.82) is 0 Å². The van der Waals surface area contributed by atoms with Crippen molar-refractivity contribution in [3.63, 3.8) is 0 Å². The quantitative estimate of drug-likeness (QED) is 0.0636. The third-order valence-corrected chi connectivity index (χ3v) is 74.6. The molecule has 0 aliphatic heterocycles. The maximum Gasteiger partial charge on any atom is 0.485 e. The third kappa shape index (κ3) is 52.8. The number of hydrogen-bond donors (Lipinski definition) is 0. The largest absolute Gasteiger partial charge is 0.741 e. The molecule has 594 valence electrons. The van der Waals surface area contributed by atoms with Crippen LogP contribution in [0.2, 0.25) is 0 Å². The van der Waals surface area contributed by atoms with Crippen molar-refractivity contribution in [3.8, 4) is 0 Å². The van der Waals surface area contributed by atoms with E-state index < -0.39 is 135 Å². The minimum Gasteiger partial charge on any atom is -0.741 e. The van der Waals surface area contributed by atoms with Gasteiger partial charge in [0.1, 0.15) is 0 Å². The first-order valence-corrected chi connectivity index (χ1v) is 61.3. The van der Waals surface area contributed by atoms with Gasteiger partial charge >= 0.3 is 33.0 Å². The van der Waals surface area contributed by atoms with Crippen LogP contribution < -0.4 is 0 Å². The topological polar surface area (TPSA) is 353 Å². The van der Waals surface area contributed by atoms with E-state index in [0.717, 1.165) is 0 Å². The van der Waals surface area contributed by atoms with Crippen molar-refractivity contribution in [2.75, 3.05) is 120 Å². The van der Waals surface area contributed by atoms with Gasteiger partial charge in [-0.1, -0.05) is 0 Å². The predicted octanol–water partition coefficient (Wildman–Crippen LogP) is 15.7. The molecule has 0 aliphatic carbocycles. The second-order valence-corrected chi connectivity index (χ2v) is 91.3. The van der Waals surface area contributed by atoms with Crippen molar-refractivity contribution in [1.82, 2.24) is 14.0 Å². The smallest absolute Gasteiger partial charge is 0.485 e. The summed E-state index contributed by atoms with van der Waals surface area (Å²) in [5.41, 5.74) is -33.9. The first-order valence-electron chi connectivity index (χ1n) is 26.0. The Balaban J connectivity index is -0.000000129. The Kier molecular flexibility index (Phi) is 50.8. The lowest BCUT2D eigenvalue weighted by atomic mass is 10.3. The lowest BCUT2D eigenvalue weighted by Gasteiger charge is -2.40. The van der Waals surface area contributed by atoms with Crippen molar-refractivity contribution < 1.29 is 157 Å². The second kappa shape index (κ2) is 41.9. The van der Waals surface area contributed by atoms with Crippen LogP contribution in [0.25, 0.3) is 0 Å². The number of rotatable bonds is 15. The van der Waals surface area contributed by atoms with Gasteiger partial charge in [-0.25, -0.2) is 64.5 Å². The highest BCUT2D eigenvalue weighted by molar-refractivity contribution is 8.69. The van der Waals surface area contributed by atoms with Crippen LogP contribution in [0.3, 0.4) is 0 Å². The highest BCUT2D eigenvalue weighted by Gasteiger charge is 2.57. The van der Waals surface area contributed by atoms with Gasteiger partial charge in [0, 0.05) is 36.3 Å². The maximum atomic E-state index is 10.7. The van der Waals surface area contributed by atoms with E-state index in [1.165, 1.54) is 0 Å². The second-order valence-electron chi connectivity index (χ2n) is 25.6. The van der Waals surface area contributed by atoms with Gasteiger partial charge in [0.15, 0.2) is 60.7 Å². The van der Waals surface area contributed by atoms with Gasteiger partial charge in [-0.3, -0.25) is 0 Å². The van der Waals surface area contributed by atoms with E-state index in [4.69, 9.17) is 77.8 Å². The van der Waals surface area contributed by atoms with E-state index in [1.807, 2.05) is 0 Å². The molecule has 0 amide bonds. The molecule has 0 radical (unpaired) electrons. The molecule has 0 saturated heterocycles. The van der Waals surface area contributed by atoms with Gasteiger partial charge in [-0.15, -0.1) is 0 Å². The molecule has 0 saturated carbocycles. The standard InChI is InChI=1S/3C12H32NP3.6CHF3O3S/c3*1-11(2)13(12(3)4)14(15(5,6)7)16(8,9)10;6*2-1(3,4)8(5,6)7/h3*11-12H,1-10H3;6*(H,5,6,7)/q3*+2;;;;;;/p-6. The van der Waals surface area contributed by atoms with Crippen LogP contribution in [0.4, 0.5) is 79.0 Å². The molecule has 0 aromatic carbocycles. The van der Waals surface area contributed by atoms with Gasteiger partial charge in [0.25, 0.3) is 22.3 Å². The van der Waals surface area contributed by atoms with Crippen LogP contribution in [0.5, 0.6) is 0 Å². The van der Waals surface area contributed by atoms with Crippen LogP contribution in [0.15, 0.2) is 0 Å². The SMILES string of the molecule is CC(C)N(C(C)C)P([P+](C)(C)C)[P+](C)(C)C.CC(C)N(C(C)C)P([P+](C)(C)C)[P+](C)(C)C.CC(C)N(C(C)C)P([P+](C)(C)C)[P+](C)(C)C.O=S(=O)([O-])C(F)(F)F.O=S(=O)([O-])C(F)(F)F.O=S(=O)([O-])C(F)(F)F.O=S(=O)([O-])C(F)(F)F.O=S(=O)([O-])C(F)(F)F.O=S(=O)([O-])C(F)(F)F. The van der Waals surface area contributed by atoms with E-state index in [-0.39, 0.29) is 22.3 Å². The fraction of sp³-hybridized carbons (Fsp3) is 1.00. The number of alkyl halides is 18. The first kappa shape index (κ1) is 116. The molecule has 0 rings (SSSR count). The summed E-state index contributed by atoms with van der Waals surface area (Å²) in [6, 6.07) is 4.11. The summed E-state index contributed by atoms with van der Waals surface area (Å²) >= 11 is 0. The molecule has 0 fully saturated rings. The zero-order valence-electron chi connectivity index (χ0n) is 58.4. The van der Waals surface area contributed by atoms with E-state index in [9.17, 15) is 79.0 Å². The zero-order chi connectivity index (χ0) is 81.9. The Morgan fingerprint density at radius 3 is 0.281 bits per heavy atom. The molecule has 0 heterocycles. The molecule has 0 aromatic heterocycles. The van der Waals surface area contributed by atoms with Crippen LogP contribution in [0, 0.1) is 0 Å². The van der Waals surface area contributed by atoms with Crippen LogP contribution in [0.1, 0.15) is 83.1 Å². The molecule has 0 spiro atoms. The van der Waals surface area contributed by atoms with Crippen LogP contribution in [-0.2, 0) is 60.7 Å². The minimum absolute atomic E-state index is 0.0705. The van der Waals surface area contributed by atoms with Gasteiger partial charge in [0.2, 0.25) is 0 Å². The molecule has 0 atom stereocenters. The summed E-state index contributed by atoms with van der Waals surface area (Å²) in [5.74, 6) is 0. The Labute approximate surface area is 564 Å². The summed E-state index contributed by atoms with van der Waals surface area (Å²) in [6.45, 7) is 69.2. The highest BCUT2D eigenvalue weighted by Crippen LogP contribution is 3.00. The minimum atomic E-state index is -6.09. The number of halogens is 18. The molecule has 54 heteroatoms. The van der Waals surface area contributed by atoms with Gasteiger partial charge in [-0.2, -0.15) is 79.0 Å². The highest BCUT2D eigenvalue weighted by atomic mass is 32.5. The average molecular weight is 1740 g/mol. The van der Waals surface area contributed by atoms with Crippen molar-refractivity contribution in [2.24, 2.45) is 0 Å². The number of nitrogens with zero attached hydrogens (tertiary/aromatic N) is 3. The summed E-state index contributed by atoms with van der Waals surface area (Å²) in [6.07, 6.45) is 0. The lowest BCUT2D eigenvalue weighted by Crippen LogP contribution is -2.33. The molecular weight excluding hydrogens is 1650 g/mol. The van der Waals surface area contributed by atoms with Gasteiger partial charge in [-0.05, 0) is 83.1 Å². The van der Waals surface area contributed by atoms with E-state index >= 15 is 0 Å². The molecule has 0 N–H and O–H groups in total. The molecule has 21 nitrogen and oxygen atoms in total. The predicted molar refractivity (Wildman–Crippen MR) is 360 cm³/mol. The molecule has 0 bridgehead atoms. The summed E-state index contributed by atoms with van der Waals surface area (Å²) in [7, 11) is -36.3. The first-order chi connectivity index (χ1) is 40.2. The van der Waals surface area contributed by atoms with Gasteiger partial charge in [0.05, 0.1) is 162 Å². The molecule has 0 aromatic rings. The molecule has 0 unspecified atom stereocenters. The van der Waals surface area contributed by atoms with Crippen LogP contribution >= 0.6 is 64.1 Å². The fourth-order valence-electron chi connectivity index (χ4n) is 7.30. The Morgan fingerprint density at radius 2 is 0.271 bits per heavy atom. The van der Waals surface area contributed by atoms with E-state index in [0.29, 0.717) is 36.3 Å². The number of hydrogen-bond acceptors (Lipinski definition) is 21. The van der Waals surface area contributed by atoms with E-state index in [2.05, 4.69) is 217 Å². The van der Waals surface area contributed by atoms with Crippen molar-refractivity contribution in [3.05, 3.63) is 0 Å². The third-order valence-electron chi connectivity index (χ3n) is 8.71. The summed E-state index contributed by atoms with van der Waals surface area (Å²) in [5, 5.41) is 0. The Hall–Kier alpha value is 1.95. The van der Waals surface area contributed by atoms with E-state index in [1.54, 1.807) is 0 Å². The summed E-state index contributed by atoms with van der Waals surface area (Å²) in [4.78, 5) is 0. The zero-order valence-corrected chi connectivity index (χ0v) is 71.4. The van der Waals surface area contributed by atoms with Crippen molar-refractivity contribution >= 4 is 125 Å². The van der Waals surface area contributed by atoms with Crippen molar-refractivity contribution in [2.45, 2.75) is 152 Å². The fourth-order valence-corrected chi connectivity index (χ4v) is 94.9. The monoisotopic (exact) mass is 1740 g/mol.